The molecule has 0 aromatic carbocycles. The van der Waals surface area contributed by atoms with Gasteiger partial charge in [-0.15, -0.1) is 0 Å². The summed E-state index contributed by atoms with van der Waals surface area (Å²) in [6, 6.07) is -0.622. The van der Waals surface area contributed by atoms with Crippen LogP contribution >= 0.6 is 11.8 Å². The number of aromatic nitrogens is 2. The lowest BCUT2D eigenvalue weighted by atomic mass is 9.86. The van der Waals surface area contributed by atoms with E-state index in [1.54, 1.807) is 11.8 Å². The summed E-state index contributed by atoms with van der Waals surface area (Å²) in [5.41, 5.74) is 0. The van der Waals surface area contributed by atoms with Gasteiger partial charge in [0.05, 0.1) is 6.54 Å². The number of carbonyl (C=O) groups excluding carboxylic acids is 2. The van der Waals surface area contributed by atoms with Crippen LogP contribution in [0.4, 0.5) is 8.78 Å². The molecule has 26 heavy (non-hydrogen) atoms. The van der Waals surface area contributed by atoms with E-state index < -0.39 is 12.0 Å². The fraction of sp³-hybridized carbons (Fsp3) is 0.750. The van der Waals surface area contributed by atoms with Crippen molar-refractivity contribution in [2.45, 2.75) is 63.5 Å². The lowest BCUT2D eigenvalue weighted by molar-refractivity contribution is -0.128. The van der Waals surface area contributed by atoms with Crippen molar-refractivity contribution >= 4 is 23.6 Å². The van der Waals surface area contributed by atoms with Crippen molar-refractivity contribution in [1.29, 1.82) is 0 Å². The van der Waals surface area contributed by atoms with Gasteiger partial charge in [0.15, 0.2) is 5.82 Å². The summed E-state index contributed by atoms with van der Waals surface area (Å²) in [6.07, 6.45) is 2.72. The zero-order valence-electron chi connectivity index (χ0n) is 14.9. The molecule has 0 bridgehead atoms. The van der Waals surface area contributed by atoms with E-state index in [9.17, 15) is 18.4 Å². The summed E-state index contributed by atoms with van der Waals surface area (Å²) >= 11 is 1.58. The van der Waals surface area contributed by atoms with Crippen molar-refractivity contribution in [3.05, 3.63) is 11.7 Å². The van der Waals surface area contributed by atoms with Crippen LogP contribution in [0.2, 0.25) is 0 Å². The number of carbonyl (C=O) groups is 2. The summed E-state index contributed by atoms with van der Waals surface area (Å²) < 4.78 is 31.5. The third kappa shape index (κ3) is 6.22. The van der Waals surface area contributed by atoms with Crippen molar-refractivity contribution in [3.8, 4) is 0 Å². The summed E-state index contributed by atoms with van der Waals surface area (Å²) in [6.45, 7) is 1.39. The molecule has 1 aliphatic carbocycles. The van der Waals surface area contributed by atoms with Crippen LogP contribution in [0.1, 0.15) is 56.7 Å². The van der Waals surface area contributed by atoms with E-state index in [0.29, 0.717) is 25.1 Å². The number of thioether (sulfide) groups is 1. The molecule has 1 atom stereocenters. The van der Waals surface area contributed by atoms with Crippen molar-refractivity contribution in [1.82, 2.24) is 20.8 Å². The van der Waals surface area contributed by atoms with Gasteiger partial charge in [-0.05, 0) is 31.3 Å². The average molecular weight is 390 g/mol. The average Bonchev–Trinajstić information content (AvgIpc) is 3.05. The highest BCUT2D eigenvalue weighted by Gasteiger charge is 2.37. The predicted molar refractivity (Wildman–Crippen MR) is 92.9 cm³/mol. The lowest BCUT2D eigenvalue weighted by Crippen LogP contribution is -2.46. The first kappa shape index (κ1) is 20.6. The minimum Gasteiger partial charge on any atom is -0.345 e. The van der Waals surface area contributed by atoms with Gasteiger partial charge in [-0.3, -0.25) is 9.59 Å². The number of hydrogen-bond acceptors (Lipinski definition) is 6. The fourth-order valence-electron chi connectivity index (χ4n) is 2.84. The highest BCUT2D eigenvalue weighted by molar-refractivity contribution is 7.98. The largest absolute Gasteiger partial charge is 0.345 e. The van der Waals surface area contributed by atoms with Crippen LogP contribution in [0, 0.1) is 0 Å². The molecule has 2 amide bonds. The Hall–Kier alpha value is -1.71. The normalized spacial score (nSPS) is 18.3. The maximum atomic E-state index is 13.2. The van der Waals surface area contributed by atoms with Crippen molar-refractivity contribution < 1.29 is 22.9 Å². The van der Waals surface area contributed by atoms with E-state index >= 15 is 0 Å². The van der Waals surface area contributed by atoms with Crippen LogP contribution in [0.25, 0.3) is 0 Å². The summed E-state index contributed by atoms with van der Waals surface area (Å²) in [4.78, 5) is 27.7. The Kier molecular flexibility index (Phi) is 7.36. The molecule has 1 saturated carbocycles. The van der Waals surface area contributed by atoms with Gasteiger partial charge in [-0.25, -0.2) is 8.78 Å². The van der Waals surface area contributed by atoms with Gasteiger partial charge in [0.2, 0.25) is 23.6 Å². The van der Waals surface area contributed by atoms with Gasteiger partial charge in [0, 0.05) is 25.7 Å². The molecule has 0 saturated heterocycles. The number of nitrogens with one attached hydrogen (secondary N) is 2. The minimum atomic E-state index is -2.60. The van der Waals surface area contributed by atoms with Crippen LogP contribution in [0.15, 0.2) is 4.52 Å². The van der Waals surface area contributed by atoms with Crippen molar-refractivity contribution in [2.24, 2.45) is 0 Å². The molecule has 1 aliphatic rings. The molecule has 2 N–H and O–H groups in total. The number of halogens is 2. The first-order chi connectivity index (χ1) is 12.3. The Morgan fingerprint density at radius 2 is 2.08 bits per heavy atom. The number of amides is 2. The first-order valence-electron chi connectivity index (χ1n) is 8.55. The number of rotatable bonds is 8. The van der Waals surface area contributed by atoms with Crippen LogP contribution in [-0.4, -0.2) is 45.9 Å². The summed E-state index contributed by atoms with van der Waals surface area (Å²) in [5, 5.41) is 9.13. The van der Waals surface area contributed by atoms with Gasteiger partial charge in [-0.2, -0.15) is 16.7 Å². The van der Waals surface area contributed by atoms with E-state index in [-0.39, 0.29) is 43.0 Å². The summed E-state index contributed by atoms with van der Waals surface area (Å²) in [5.74, 6) is -1.99. The van der Waals surface area contributed by atoms with E-state index in [0.717, 1.165) is 5.75 Å². The second kappa shape index (κ2) is 9.29. The van der Waals surface area contributed by atoms with E-state index in [2.05, 4.69) is 20.8 Å². The first-order valence-corrected chi connectivity index (χ1v) is 9.94. The molecule has 2 rings (SSSR count). The molecular weight excluding hydrogens is 366 g/mol. The van der Waals surface area contributed by atoms with E-state index in [1.807, 2.05) is 6.26 Å². The fourth-order valence-corrected chi connectivity index (χ4v) is 3.31. The zero-order chi connectivity index (χ0) is 19.2. The molecule has 1 aromatic heterocycles. The topological polar surface area (TPSA) is 97.1 Å². The van der Waals surface area contributed by atoms with Crippen molar-refractivity contribution in [2.75, 3.05) is 12.0 Å². The molecule has 0 spiro atoms. The second-order valence-electron chi connectivity index (χ2n) is 6.43. The smallest absolute Gasteiger partial charge is 0.248 e. The number of alkyl halides is 2. The van der Waals surface area contributed by atoms with E-state index in [4.69, 9.17) is 4.52 Å². The maximum Gasteiger partial charge on any atom is 0.248 e. The van der Waals surface area contributed by atoms with Crippen molar-refractivity contribution in [3.63, 3.8) is 0 Å². The third-order valence-corrected chi connectivity index (χ3v) is 4.93. The monoisotopic (exact) mass is 390 g/mol. The molecular formula is C16H24F2N4O3S. The molecule has 7 nitrogen and oxygen atoms in total. The zero-order valence-corrected chi connectivity index (χ0v) is 15.7. The van der Waals surface area contributed by atoms with Gasteiger partial charge in [-0.1, -0.05) is 5.16 Å². The lowest BCUT2D eigenvalue weighted by Gasteiger charge is -2.26. The SMILES string of the molecule is CSCC[C@@H](NC(C)=O)C(=O)NCc1nc(C2CCC(F)(F)CC2)no1. The molecule has 1 aromatic rings. The Labute approximate surface area is 155 Å². The maximum absolute atomic E-state index is 13.2. The van der Waals surface area contributed by atoms with Crippen LogP contribution < -0.4 is 10.6 Å². The Bertz CT molecular complexity index is 616. The van der Waals surface area contributed by atoms with Gasteiger partial charge < -0.3 is 15.2 Å². The summed E-state index contributed by atoms with van der Waals surface area (Å²) in [7, 11) is 0. The predicted octanol–water partition coefficient (Wildman–Crippen LogP) is 2.24. The Morgan fingerprint density at radius 1 is 1.38 bits per heavy atom. The highest BCUT2D eigenvalue weighted by atomic mass is 32.2. The van der Waals surface area contributed by atoms with Gasteiger partial charge >= 0.3 is 0 Å². The number of nitrogens with zero attached hydrogens (tertiary/aromatic N) is 2. The Morgan fingerprint density at radius 3 is 2.69 bits per heavy atom. The number of hydrogen-bond donors (Lipinski definition) is 2. The molecule has 0 aliphatic heterocycles. The molecule has 146 valence electrons. The quantitative estimate of drug-likeness (QED) is 0.707. The minimum absolute atomic E-state index is 0.0318. The molecule has 1 fully saturated rings. The van der Waals surface area contributed by atoms with E-state index in [1.165, 1.54) is 6.92 Å². The van der Waals surface area contributed by atoms with Crippen LogP contribution in [0.5, 0.6) is 0 Å². The van der Waals surface area contributed by atoms with Crippen LogP contribution in [-0.2, 0) is 16.1 Å². The van der Waals surface area contributed by atoms with Gasteiger partial charge in [0.25, 0.3) is 0 Å². The molecule has 0 unspecified atom stereocenters. The molecule has 0 radical (unpaired) electrons. The Balaban J connectivity index is 1.86. The molecule has 1 heterocycles. The van der Waals surface area contributed by atoms with Crippen LogP contribution in [0.3, 0.4) is 0 Å². The van der Waals surface area contributed by atoms with Gasteiger partial charge in [0.1, 0.15) is 6.04 Å². The standard InChI is InChI=1S/C16H24F2N4O3S/c1-10(23)20-12(5-8-26-2)15(24)19-9-13-21-14(22-25-13)11-3-6-16(17,18)7-4-11/h11-12H,3-9H2,1-2H3,(H,19,24)(H,20,23)/t12-/m1/s1. The highest BCUT2D eigenvalue weighted by Crippen LogP contribution is 2.39. The second-order valence-corrected chi connectivity index (χ2v) is 7.41. The third-order valence-electron chi connectivity index (χ3n) is 4.28. The molecule has 10 heteroatoms.